The molecule has 5 nitrogen and oxygen atoms in total. The highest BCUT2D eigenvalue weighted by Gasteiger charge is 2.27. The summed E-state index contributed by atoms with van der Waals surface area (Å²) in [6.07, 6.45) is 0.237. The van der Waals surface area contributed by atoms with E-state index in [1.54, 1.807) is 11.0 Å². The molecule has 0 spiro atoms. The summed E-state index contributed by atoms with van der Waals surface area (Å²) in [6.45, 7) is 4.94. The van der Waals surface area contributed by atoms with Crippen LogP contribution in [0.5, 0.6) is 0 Å². The summed E-state index contributed by atoms with van der Waals surface area (Å²) in [5.41, 5.74) is 0.331. The monoisotopic (exact) mass is 224 g/mol. The van der Waals surface area contributed by atoms with Crippen molar-refractivity contribution in [1.29, 1.82) is 0 Å². The van der Waals surface area contributed by atoms with Gasteiger partial charge < -0.3 is 14.5 Å². The van der Waals surface area contributed by atoms with Gasteiger partial charge in [0, 0.05) is 25.1 Å². The molecule has 1 N–H and O–H groups in total. The van der Waals surface area contributed by atoms with Gasteiger partial charge in [-0.1, -0.05) is 19.0 Å². The van der Waals surface area contributed by atoms with Gasteiger partial charge in [0.05, 0.1) is 6.10 Å². The quantitative estimate of drug-likeness (QED) is 0.814. The lowest BCUT2D eigenvalue weighted by atomic mass is 10.1. The van der Waals surface area contributed by atoms with Crippen molar-refractivity contribution in [2.45, 2.75) is 32.3 Å². The van der Waals surface area contributed by atoms with Crippen molar-refractivity contribution >= 4 is 5.91 Å². The van der Waals surface area contributed by atoms with Crippen LogP contribution in [-0.4, -0.2) is 40.3 Å². The van der Waals surface area contributed by atoms with Gasteiger partial charge in [-0.15, -0.1) is 0 Å². The number of aromatic nitrogens is 1. The van der Waals surface area contributed by atoms with E-state index in [0.29, 0.717) is 31.0 Å². The summed E-state index contributed by atoms with van der Waals surface area (Å²) < 4.78 is 5.07. The highest BCUT2D eigenvalue weighted by atomic mass is 16.5. The maximum absolute atomic E-state index is 11.9. The molecule has 0 unspecified atom stereocenters. The average Bonchev–Trinajstić information content (AvgIpc) is 2.84. The van der Waals surface area contributed by atoms with Crippen LogP contribution in [0.1, 0.15) is 42.4 Å². The van der Waals surface area contributed by atoms with Gasteiger partial charge in [0.1, 0.15) is 5.76 Å². The first kappa shape index (κ1) is 11.1. The van der Waals surface area contributed by atoms with Gasteiger partial charge in [-0.2, -0.15) is 0 Å². The van der Waals surface area contributed by atoms with Crippen LogP contribution in [-0.2, 0) is 0 Å². The summed E-state index contributed by atoms with van der Waals surface area (Å²) in [5.74, 6) is 0.772. The minimum atomic E-state index is -0.402. The van der Waals surface area contributed by atoms with Crippen LogP contribution in [0, 0.1) is 0 Å². The molecule has 1 aliphatic heterocycles. The molecule has 16 heavy (non-hydrogen) atoms. The normalized spacial score (nSPS) is 20.8. The van der Waals surface area contributed by atoms with Gasteiger partial charge in [-0.05, 0) is 6.42 Å². The van der Waals surface area contributed by atoms with Crippen molar-refractivity contribution in [2.24, 2.45) is 0 Å². The molecule has 1 aromatic rings. The minimum absolute atomic E-state index is 0.160. The summed E-state index contributed by atoms with van der Waals surface area (Å²) in [7, 11) is 0. The third-order valence-corrected chi connectivity index (χ3v) is 2.77. The second-order valence-electron chi connectivity index (χ2n) is 4.46. The molecule has 0 aliphatic carbocycles. The smallest absolute Gasteiger partial charge is 0.276 e. The lowest BCUT2D eigenvalue weighted by Crippen LogP contribution is -2.29. The molecule has 0 saturated carbocycles. The largest absolute Gasteiger partial charge is 0.391 e. The molecule has 2 rings (SSSR count). The Kier molecular flexibility index (Phi) is 2.96. The molecule has 1 aromatic heterocycles. The number of carbonyl (C=O) groups excluding carboxylic acids is 1. The first-order chi connectivity index (χ1) is 7.58. The Labute approximate surface area is 94.0 Å². The van der Waals surface area contributed by atoms with E-state index in [-0.39, 0.29) is 11.8 Å². The second kappa shape index (κ2) is 4.25. The maximum atomic E-state index is 11.9. The Morgan fingerprint density at radius 2 is 2.44 bits per heavy atom. The van der Waals surface area contributed by atoms with Crippen LogP contribution in [0.25, 0.3) is 0 Å². The predicted octanol–water partition coefficient (Wildman–Crippen LogP) is 1.00. The number of hydrogen-bond donors (Lipinski definition) is 1. The van der Waals surface area contributed by atoms with E-state index in [0.717, 1.165) is 0 Å². The fourth-order valence-electron chi connectivity index (χ4n) is 1.75. The minimum Gasteiger partial charge on any atom is -0.391 e. The van der Waals surface area contributed by atoms with Crippen molar-refractivity contribution in [3.05, 3.63) is 17.5 Å². The molecule has 5 heteroatoms. The Morgan fingerprint density at radius 3 is 2.94 bits per heavy atom. The zero-order valence-corrected chi connectivity index (χ0v) is 9.51. The number of β-amino-alcohol motifs (C(OH)–C–C–N with tert-alkyl or cyclic N) is 1. The van der Waals surface area contributed by atoms with E-state index in [1.165, 1.54) is 0 Å². The third kappa shape index (κ3) is 2.09. The zero-order chi connectivity index (χ0) is 11.7. The van der Waals surface area contributed by atoms with Gasteiger partial charge in [-0.25, -0.2) is 0 Å². The Bertz CT molecular complexity index is 386. The van der Waals surface area contributed by atoms with Gasteiger partial charge >= 0.3 is 0 Å². The number of carbonyl (C=O) groups is 1. The standard InChI is InChI=1S/C11H16N2O3/c1-7(2)10-5-9(12-16-10)11(15)13-4-3-8(14)6-13/h5,7-8,14H,3-4,6H2,1-2H3/t8-/m1/s1. The highest BCUT2D eigenvalue weighted by molar-refractivity contribution is 5.92. The number of aliphatic hydroxyl groups excluding tert-OH is 1. The number of likely N-dealkylation sites (tertiary alicyclic amines) is 1. The van der Waals surface area contributed by atoms with E-state index in [4.69, 9.17) is 4.52 Å². The van der Waals surface area contributed by atoms with E-state index in [1.807, 2.05) is 13.8 Å². The van der Waals surface area contributed by atoms with Crippen LogP contribution in [0.15, 0.2) is 10.6 Å². The third-order valence-electron chi connectivity index (χ3n) is 2.77. The van der Waals surface area contributed by atoms with E-state index >= 15 is 0 Å². The number of aliphatic hydroxyl groups is 1. The van der Waals surface area contributed by atoms with Crippen LogP contribution >= 0.6 is 0 Å². The maximum Gasteiger partial charge on any atom is 0.276 e. The highest BCUT2D eigenvalue weighted by Crippen LogP contribution is 2.18. The van der Waals surface area contributed by atoms with Crippen molar-refractivity contribution in [1.82, 2.24) is 10.1 Å². The number of hydrogen-bond acceptors (Lipinski definition) is 4. The van der Waals surface area contributed by atoms with Gasteiger partial charge in [0.2, 0.25) is 0 Å². The zero-order valence-electron chi connectivity index (χ0n) is 9.51. The van der Waals surface area contributed by atoms with Crippen LogP contribution in [0.3, 0.4) is 0 Å². The second-order valence-corrected chi connectivity index (χ2v) is 4.46. The average molecular weight is 224 g/mol. The molecule has 88 valence electrons. The van der Waals surface area contributed by atoms with Crippen LogP contribution in [0.4, 0.5) is 0 Å². The Morgan fingerprint density at radius 1 is 1.69 bits per heavy atom. The van der Waals surface area contributed by atoms with Crippen molar-refractivity contribution in [3.8, 4) is 0 Å². The van der Waals surface area contributed by atoms with Crippen molar-refractivity contribution in [2.75, 3.05) is 13.1 Å². The van der Waals surface area contributed by atoms with Gasteiger partial charge in [0.15, 0.2) is 5.69 Å². The molecule has 0 aromatic carbocycles. The first-order valence-electron chi connectivity index (χ1n) is 5.52. The Balaban J connectivity index is 2.09. The van der Waals surface area contributed by atoms with Crippen LogP contribution < -0.4 is 0 Å². The number of amides is 1. The number of nitrogens with zero attached hydrogens (tertiary/aromatic N) is 2. The van der Waals surface area contributed by atoms with Gasteiger partial charge in [-0.3, -0.25) is 4.79 Å². The summed E-state index contributed by atoms with van der Waals surface area (Å²) in [4.78, 5) is 13.5. The van der Waals surface area contributed by atoms with Crippen LogP contribution in [0.2, 0.25) is 0 Å². The molecular formula is C11H16N2O3. The van der Waals surface area contributed by atoms with E-state index < -0.39 is 6.10 Å². The lowest BCUT2D eigenvalue weighted by molar-refractivity contribution is 0.0754. The topological polar surface area (TPSA) is 66.6 Å². The first-order valence-corrected chi connectivity index (χ1v) is 5.52. The summed E-state index contributed by atoms with van der Waals surface area (Å²) in [6, 6.07) is 1.68. The molecule has 1 saturated heterocycles. The molecule has 1 atom stereocenters. The fourth-order valence-corrected chi connectivity index (χ4v) is 1.75. The number of rotatable bonds is 2. The molecule has 1 fully saturated rings. The van der Waals surface area contributed by atoms with E-state index in [9.17, 15) is 9.90 Å². The molecule has 0 bridgehead atoms. The summed E-state index contributed by atoms with van der Waals surface area (Å²) >= 11 is 0. The van der Waals surface area contributed by atoms with Crippen molar-refractivity contribution in [3.63, 3.8) is 0 Å². The molecule has 1 aliphatic rings. The lowest BCUT2D eigenvalue weighted by Gasteiger charge is -2.12. The molecule has 0 radical (unpaired) electrons. The fraction of sp³-hybridized carbons (Fsp3) is 0.636. The Hall–Kier alpha value is -1.36. The van der Waals surface area contributed by atoms with Crippen molar-refractivity contribution < 1.29 is 14.4 Å². The van der Waals surface area contributed by atoms with E-state index in [2.05, 4.69) is 5.16 Å². The molecular weight excluding hydrogens is 208 g/mol. The SMILES string of the molecule is CC(C)c1cc(C(=O)N2CC[C@@H](O)C2)no1. The predicted molar refractivity (Wildman–Crippen MR) is 57.1 cm³/mol. The molecule has 1 amide bonds. The molecule has 2 heterocycles. The van der Waals surface area contributed by atoms with Gasteiger partial charge in [0.25, 0.3) is 5.91 Å². The summed E-state index contributed by atoms with van der Waals surface area (Å²) in [5, 5.41) is 13.1.